The van der Waals surface area contributed by atoms with Crippen LogP contribution in [0.4, 0.5) is 5.69 Å². The number of para-hydroxylation sites is 1. The minimum absolute atomic E-state index is 0.0422. The molecule has 3 aromatic rings. The average molecular weight is 377 g/mol. The van der Waals surface area contributed by atoms with E-state index in [1.165, 1.54) is 19.2 Å². The first kappa shape index (κ1) is 19.0. The standard InChI is InChI=1S/C21H19N3O4/c1-24-20(26)12-11-18(23-24)21(27)28-14-19(25)22-17-10-6-5-9-16(17)13-15-7-3-2-4-8-15/h2-12H,13-14H2,1H3,(H,22,25). The fourth-order valence-electron chi connectivity index (χ4n) is 2.61. The van der Waals surface area contributed by atoms with E-state index >= 15 is 0 Å². The predicted molar refractivity (Wildman–Crippen MR) is 104 cm³/mol. The third-order valence-electron chi connectivity index (χ3n) is 4.03. The van der Waals surface area contributed by atoms with Crippen LogP contribution in [-0.4, -0.2) is 28.3 Å². The Morgan fingerprint density at radius 3 is 2.46 bits per heavy atom. The average Bonchev–Trinajstić information content (AvgIpc) is 2.70. The molecule has 0 saturated heterocycles. The van der Waals surface area contributed by atoms with Crippen LogP contribution in [0.2, 0.25) is 0 Å². The fourth-order valence-corrected chi connectivity index (χ4v) is 2.61. The van der Waals surface area contributed by atoms with Crippen molar-refractivity contribution in [2.24, 2.45) is 7.05 Å². The van der Waals surface area contributed by atoms with Crippen molar-refractivity contribution in [2.45, 2.75) is 6.42 Å². The van der Waals surface area contributed by atoms with Gasteiger partial charge in [-0.3, -0.25) is 9.59 Å². The lowest BCUT2D eigenvalue weighted by Crippen LogP contribution is -2.25. The zero-order chi connectivity index (χ0) is 19.9. The van der Waals surface area contributed by atoms with E-state index in [-0.39, 0.29) is 11.3 Å². The number of esters is 1. The minimum atomic E-state index is -0.775. The molecule has 0 aliphatic heterocycles. The fraction of sp³-hybridized carbons (Fsp3) is 0.143. The highest BCUT2D eigenvalue weighted by molar-refractivity contribution is 5.95. The molecule has 1 aromatic heterocycles. The molecule has 2 aromatic carbocycles. The van der Waals surface area contributed by atoms with Crippen LogP contribution in [0.1, 0.15) is 21.6 Å². The van der Waals surface area contributed by atoms with Crippen LogP contribution in [0, 0.1) is 0 Å². The zero-order valence-corrected chi connectivity index (χ0v) is 15.3. The number of anilines is 1. The topological polar surface area (TPSA) is 90.3 Å². The molecule has 0 saturated carbocycles. The van der Waals surface area contributed by atoms with E-state index < -0.39 is 18.5 Å². The summed E-state index contributed by atoms with van der Waals surface area (Å²) in [6, 6.07) is 19.8. The second kappa shape index (κ2) is 8.77. The van der Waals surface area contributed by atoms with E-state index in [1.807, 2.05) is 48.5 Å². The van der Waals surface area contributed by atoms with Crippen LogP contribution < -0.4 is 10.9 Å². The molecular weight excluding hydrogens is 358 g/mol. The highest BCUT2D eigenvalue weighted by atomic mass is 16.5. The van der Waals surface area contributed by atoms with Gasteiger partial charge >= 0.3 is 5.97 Å². The Kier molecular flexibility index (Phi) is 5.96. The first-order chi connectivity index (χ1) is 13.5. The summed E-state index contributed by atoms with van der Waals surface area (Å²) in [4.78, 5) is 35.5. The van der Waals surface area contributed by atoms with Gasteiger partial charge in [0.25, 0.3) is 11.5 Å². The minimum Gasteiger partial charge on any atom is -0.451 e. The van der Waals surface area contributed by atoms with Crippen LogP contribution in [0.3, 0.4) is 0 Å². The maximum absolute atomic E-state index is 12.2. The van der Waals surface area contributed by atoms with Crippen molar-refractivity contribution in [1.82, 2.24) is 9.78 Å². The molecule has 0 aliphatic carbocycles. The summed E-state index contributed by atoms with van der Waals surface area (Å²) in [5, 5.41) is 6.56. The maximum atomic E-state index is 12.2. The molecule has 28 heavy (non-hydrogen) atoms. The molecule has 1 amide bonds. The van der Waals surface area contributed by atoms with E-state index in [0.29, 0.717) is 12.1 Å². The van der Waals surface area contributed by atoms with Gasteiger partial charge in [-0.1, -0.05) is 48.5 Å². The summed E-state index contributed by atoms with van der Waals surface area (Å²) in [6.45, 7) is -0.455. The van der Waals surface area contributed by atoms with E-state index in [1.54, 1.807) is 6.07 Å². The number of aryl methyl sites for hydroxylation is 1. The van der Waals surface area contributed by atoms with Gasteiger partial charge in [-0.05, 0) is 29.7 Å². The molecule has 0 bridgehead atoms. The molecule has 0 unspecified atom stereocenters. The number of hydrogen-bond acceptors (Lipinski definition) is 5. The molecule has 0 atom stereocenters. The van der Waals surface area contributed by atoms with Gasteiger partial charge in [-0.15, -0.1) is 0 Å². The Balaban J connectivity index is 1.61. The lowest BCUT2D eigenvalue weighted by molar-refractivity contribution is -0.119. The van der Waals surface area contributed by atoms with Gasteiger partial charge < -0.3 is 10.1 Å². The van der Waals surface area contributed by atoms with Crippen LogP contribution >= 0.6 is 0 Å². The van der Waals surface area contributed by atoms with E-state index in [9.17, 15) is 14.4 Å². The summed E-state index contributed by atoms with van der Waals surface area (Å²) in [6.07, 6.45) is 0.666. The predicted octanol–water partition coefficient (Wildman–Crippen LogP) is 2.17. The highest BCUT2D eigenvalue weighted by Gasteiger charge is 2.14. The van der Waals surface area contributed by atoms with E-state index in [0.717, 1.165) is 15.8 Å². The smallest absolute Gasteiger partial charge is 0.359 e. The largest absolute Gasteiger partial charge is 0.451 e. The highest BCUT2D eigenvalue weighted by Crippen LogP contribution is 2.19. The lowest BCUT2D eigenvalue weighted by Gasteiger charge is -2.11. The molecule has 142 valence electrons. The summed E-state index contributed by atoms with van der Waals surface area (Å²) in [5.41, 5.74) is 2.35. The summed E-state index contributed by atoms with van der Waals surface area (Å²) in [7, 11) is 1.43. The Hall–Kier alpha value is -3.74. The summed E-state index contributed by atoms with van der Waals surface area (Å²) in [5.74, 6) is -1.23. The molecule has 3 rings (SSSR count). The number of ether oxygens (including phenoxy) is 1. The number of nitrogens with zero attached hydrogens (tertiary/aromatic N) is 2. The maximum Gasteiger partial charge on any atom is 0.359 e. The van der Waals surface area contributed by atoms with Gasteiger partial charge in [0.2, 0.25) is 0 Å². The number of nitrogens with one attached hydrogen (secondary N) is 1. The number of carbonyl (C=O) groups excluding carboxylic acids is 2. The van der Waals surface area contributed by atoms with Crippen molar-refractivity contribution in [3.05, 3.63) is 93.9 Å². The molecule has 0 radical (unpaired) electrons. The molecule has 0 fully saturated rings. The second-order valence-electron chi connectivity index (χ2n) is 6.12. The second-order valence-corrected chi connectivity index (χ2v) is 6.12. The zero-order valence-electron chi connectivity index (χ0n) is 15.3. The molecule has 1 N–H and O–H groups in total. The monoisotopic (exact) mass is 377 g/mol. The first-order valence-corrected chi connectivity index (χ1v) is 8.66. The molecular formula is C21H19N3O4. The van der Waals surface area contributed by atoms with Gasteiger partial charge in [0.1, 0.15) is 0 Å². The van der Waals surface area contributed by atoms with Gasteiger partial charge in [-0.2, -0.15) is 5.10 Å². The number of hydrogen-bond donors (Lipinski definition) is 1. The van der Waals surface area contributed by atoms with Crippen molar-refractivity contribution in [3.63, 3.8) is 0 Å². The SMILES string of the molecule is Cn1nc(C(=O)OCC(=O)Nc2ccccc2Cc2ccccc2)ccc1=O. The van der Waals surface area contributed by atoms with Crippen LogP contribution in [0.15, 0.2) is 71.5 Å². The third kappa shape index (κ3) is 4.91. The third-order valence-corrected chi connectivity index (χ3v) is 4.03. The van der Waals surface area contributed by atoms with Crippen molar-refractivity contribution < 1.29 is 14.3 Å². The number of benzene rings is 2. The Morgan fingerprint density at radius 1 is 1.00 bits per heavy atom. The Bertz CT molecular complexity index is 1040. The van der Waals surface area contributed by atoms with E-state index in [2.05, 4.69) is 10.4 Å². The molecule has 0 aliphatic rings. The van der Waals surface area contributed by atoms with Crippen LogP contribution in [-0.2, 0) is 23.0 Å². The lowest BCUT2D eigenvalue weighted by atomic mass is 10.0. The number of aromatic nitrogens is 2. The normalized spacial score (nSPS) is 10.3. The van der Waals surface area contributed by atoms with Crippen molar-refractivity contribution in [2.75, 3.05) is 11.9 Å². The van der Waals surface area contributed by atoms with Gasteiger partial charge in [0.05, 0.1) is 0 Å². The Morgan fingerprint density at radius 2 is 1.71 bits per heavy atom. The van der Waals surface area contributed by atoms with Crippen molar-refractivity contribution >= 4 is 17.6 Å². The molecule has 0 spiro atoms. The number of amides is 1. The first-order valence-electron chi connectivity index (χ1n) is 8.66. The number of rotatable bonds is 6. The Labute approximate surface area is 161 Å². The quantitative estimate of drug-likeness (QED) is 0.665. The van der Waals surface area contributed by atoms with Crippen molar-refractivity contribution in [1.29, 1.82) is 0 Å². The van der Waals surface area contributed by atoms with Crippen molar-refractivity contribution in [3.8, 4) is 0 Å². The van der Waals surface area contributed by atoms with Gasteiger partial charge in [0, 0.05) is 18.8 Å². The number of carbonyl (C=O) groups is 2. The van der Waals surface area contributed by atoms with Crippen LogP contribution in [0.25, 0.3) is 0 Å². The molecule has 7 heteroatoms. The molecule has 7 nitrogen and oxygen atoms in total. The van der Waals surface area contributed by atoms with Gasteiger partial charge in [0.15, 0.2) is 12.3 Å². The van der Waals surface area contributed by atoms with Gasteiger partial charge in [-0.25, -0.2) is 9.48 Å². The summed E-state index contributed by atoms with van der Waals surface area (Å²) < 4.78 is 6.01. The summed E-state index contributed by atoms with van der Waals surface area (Å²) >= 11 is 0. The van der Waals surface area contributed by atoms with E-state index in [4.69, 9.17) is 4.74 Å². The van der Waals surface area contributed by atoms with Crippen LogP contribution in [0.5, 0.6) is 0 Å². The molecule has 1 heterocycles.